The minimum Gasteiger partial charge on any atom is -0.347 e. The topological polar surface area (TPSA) is 69.7 Å². The summed E-state index contributed by atoms with van der Waals surface area (Å²) in [5.41, 5.74) is 1.76. The minimum atomic E-state index is -3.54. The van der Waals surface area contributed by atoms with Gasteiger partial charge in [-0.15, -0.1) is 11.3 Å². The lowest BCUT2D eigenvalue weighted by Crippen LogP contribution is -2.48. The molecule has 1 amide bonds. The summed E-state index contributed by atoms with van der Waals surface area (Å²) in [5, 5.41) is 3.41. The molecule has 0 unspecified atom stereocenters. The number of rotatable bonds is 7. The average molecular weight is 502 g/mol. The molecular weight excluding hydrogens is 478 g/mol. The van der Waals surface area contributed by atoms with Gasteiger partial charge in [0.25, 0.3) is 15.9 Å². The summed E-state index contributed by atoms with van der Waals surface area (Å²) in [6, 6.07) is 20.6. The second kappa shape index (κ2) is 9.19. The lowest BCUT2D eigenvalue weighted by Gasteiger charge is -2.33. The van der Waals surface area contributed by atoms with E-state index < -0.39 is 10.0 Å². The van der Waals surface area contributed by atoms with E-state index in [0.29, 0.717) is 21.3 Å². The second-order valence-electron chi connectivity index (χ2n) is 8.44. The molecule has 6 nitrogen and oxygen atoms in total. The first-order valence-corrected chi connectivity index (χ1v) is 13.5. The zero-order chi connectivity index (χ0) is 23.0. The van der Waals surface area contributed by atoms with Crippen LogP contribution in [0.15, 0.2) is 70.9 Å². The van der Waals surface area contributed by atoms with Gasteiger partial charge in [-0.2, -0.15) is 4.31 Å². The van der Waals surface area contributed by atoms with Crippen molar-refractivity contribution in [1.82, 2.24) is 14.5 Å². The third kappa shape index (κ3) is 4.72. The van der Waals surface area contributed by atoms with E-state index >= 15 is 0 Å². The Morgan fingerprint density at radius 2 is 1.76 bits per heavy atom. The molecule has 2 fully saturated rings. The number of amides is 1. The maximum absolute atomic E-state index is 13.3. The average Bonchev–Trinajstić information content (AvgIpc) is 3.55. The number of carbonyl (C=O) groups is 1. The maximum atomic E-state index is 13.3. The Labute approximate surface area is 202 Å². The SMILES string of the molecule is O=C(NCc1ccc(S(=O)(=O)N2C[C@H]3C[C@@H]2CN3Cc2ccccc2)s1)c1ccc(Cl)cc1. The van der Waals surface area contributed by atoms with E-state index in [4.69, 9.17) is 11.6 Å². The lowest BCUT2D eigenvalue weighted by atomic mass is 10.2. The molecule has 3 aromatic rings. The highest BCUT2D eigenvalue weighted by Crippen LogP contribution is 2.37. The molecule has 33 heavy (non-hydrogen) atoms. The monoisotopic (exact) mass is 501 g/mol. The summed E-state index contributed by atoms with van der Waals surface area (Å²) < 4.78 is 28.6. The van der Waals surface area contributed by atoms with Crippen LogP contribution >= 0.6 is 22.9 Å². The van der Waals surface area contributed by atoms with E-state index in [1.807, 2.05) is 18.2 Å². The van der Waals surface area contributed by atoms with Gasteiger partial charge in [0.1, 0.15) is 4.21 Å². The molecule has 172 valence electrons. The number of halogens is 1. The Morgan fingerprint density at radius 1 is 1.00 bits per heavy atom. The van der Waals surface area contributed by atoms with Crippen molar-refractivity contribution >= 4 is 38.9 Å². The predicted octanol–water partition coefficient (Wildman–Crippen LogP) is 3.98. The number of nitrogens with zero attached hydrogens (tertiary/aromatic N) is 2. The van der Waals surface area contributed by atoms with Gasteiger partial charge in [-0.3, -0.25) is 9.69 Å². The van der Waals surface area contributed by atoms with Crippen molar-refractivity contribution in [2.24, 2.45) is 0 Å². The normalized spacial score (nSPS) is 20.9. The Morgan fingerprint density at radius 3 is 2.45 bits per heavy atom. The number of piperazine rings is 1. The van der Waals surface area contributed by atoms with E-state index in [-0.39, 0.29) is 24.5 Å². The van der Waals surface area contributed by atoms with Gasteiger partial charge in [-0.1, -0.05) is 41.9 Å². The van der Waals surface area contributed by atoms with Gasteiger partial charge in [0.2, 0.25) is 0 Å². The zero-order valence-electron chi connectivity index (χ0n) is 17.9. The number of hydrogen-bond donors (Lipinski definition) is 1. The minimum absolute atomic E-state index is 0.0128. The van der Waals surface area contributed by atoms with Crippen molar-refractivity contribution in [3.63, 3.8) is 0 Å². The summed E-state index contributed by atoms with van der Waals surface area (Å²) in [4.78, 5) is 15.5. The van der Waals surface area contributed by atoms with Gasteiger partial charge >= 0.3 is 0 Å². The largest absolute Gasteiger partial charge is 0.347 e. The molecule has 3 heterocycles. The molecule has 5 rings (SSSR count). The van der Waals surface area contributed by atoms with Crippen molar-refractivity contribution in [2.75, 3.05) is 13.1 Å². The van der Waals surface area contributed by atoms with E-state index in [1.165, 1.54) is 16.9 Å². The molecule has 2 bridgehead atoms. The molecule has 9 heteroatoms. The van der Waals surface area contributed by atoms with Crippen LogP contribution in [0, 0.1) is 0 Å². The van der Waals surface area contributed by atoms with Crippen LogP contribution in [0.5, 0.6) is 0 Å². The van der Waals surface area contributed by atoms with Crippen LogP contribution in [-0.4, -0.2) is 48.7 Å². The number of likely N-dealkylation sites (tertiary alicyclic amines) is 1. The standard InChI is InChI=1S/C24H24ClN3O3S2/c25-19-8-6-18(7-9-19)24(29)26-13-22-10-11-23(32-22)33(30,31)28-16-20-12-21(28)15-27(20)14-17-4-2-1-3-5-17/h1-11,20-21H,12-16H2,(H,26,29)/t20-,21-/m1/s1. The summed E-state index contributed by atoms with van der Waals surface area (Å²) in [5.74, 6) is -0.222. The summed E-state index contributed by atoms with van der Waals surface area (Å²) >= 11 is 7.08. The van der Waals surface area contributed by atoms with Crippen LogP contribution in [0.1, 0.15) is 27.2 Å². The van der Waals surface area contributed by atoms with E-state index in [2.05, 4.69) is 22.3 Å². The third-order valence-electron chi connectivity index (χ3n) is 6.26. The molecule has 1 N–H and O–H groups in total. The first-order valence-electron chi connectivity index (χ1n) is 10.8. The van der Waals surface area contributed by atoms with Crippen LogP contribution in [0.2, 0.25) is 5.02 Å². The van der Waals surface area contributed by atoms with Crippen molar-refractivity contribution in [1.29, 1.82) is 0 Å². The van der Waals surface area contributed by atoms with Gasteiger partial charge < -0.3 is 5.32 Å². The molecule has 2 aromatic carbocycles. The zero-order valence-corrected chi connectivity index (χ0v) is 20.2. The van der Waals surface area contributed by atoms with Crippen molar-refractivity contribution in [2.45, 2.75) is 35.8 Å². The summed E-state index contributed by atoms with van der Waals surface area (Å²) in [6.45, 7) is 2.42. The van der Waals surface area contributed by atoms with Crippen LogP contribution in [0.4, 0.5) is 0 Å². The number of carbonyl (C=O) groups excluding carboxylic acids is 1. The van der Waals surface area contributed by atoms with Gasteiger partial charge in [-0.05, 0) is 48.4 Å². The first kappa shape index (κ1) is 22.6. The molecule has 0 spiro atoms. The fourth-order valence-corrected chi connectivity index (χ4v) is 7.81. The Kier molecular flexibility index (Phi) is 6.28. The predicted molar refractivity (Wildman–Crippen MR) is 130 cm³/mol. The molecule has 2 saturated heterocycles. The first-order chi connectivity index (χ1) is 15.9. The van der Waals surface area contributed by atoms with Crippen LogP contribution in [-0.2, 0) is 23.1 Å². The van der Waals surface area contributed by atoms with Crippen molar-refractivity contribution in [3.05, 3.63) is 87.8 Å². The highest BCUT2D eigenvalue weighted by atomic mass is 35.5. The van der Waals surface area contributed by atoms with E-state index in [0.717, 1.165) is 24.4 Å². The molecule has 0 radical (unpaired) electrons. The van der Waals surface area contributed by atoms with Gasteiger partial charge in [-0.25, -0.2) is 8.42 Å². The fourth-order valence-electron chi connectivity index (χ4n) is 4.60. The molecule has 2 aliphatic heterocycles. The molecule has 0 saturated carbocycles. The number of hydrogen-bond acceptors (Lipinski definition) is 5. The molecule has 2 aliphatic rings. The lowest BCUT2D eigenvalue weighted by molar-refractivity contribution is 0.0951. The smallest absolute Gasteiger partial charge is 0.252 e. The van der Waals surface area contributed by atoms with Crippen molar-refractivity contribution < 1.29 is 13.2 Å². The van der Waals surface area contributed by atoms with Gasteiger partial charge in [0, 0.05) is 47.2 Å². The molecule has 2 atom stereocenters. The highest BCUT2D eigenvalue weighted by molar-refractivity contribution is 7.91. The molecule has 1 aromatic heterocycles. The maximum Gasteiger partial charge on any atom is 0.252 e. The Balaban J connectivity index is 1.20. The molecule has 0 aliphatic carbocycles. The van der Waals surface area contributed by atoms with Gasteiger partial charge in [0.15, 0.2) is 0 Å². The highest BCUT2D eigenvalue weighted by Gasteiger charge is 2.48. The van der Waals surface area contributed by atoms with Crippen LogP contribution in [0.3, 0.4) is 0 Å². The number of benzene rings is 2. The van der Waals surface area contributed by atoms with Gasteiger partial charge in [0.05, 0.1) is 6.54 Å². The second-order valence-corrected chi connectivity index (χ2v) is 12.2. The third-order valence-corrected chi connectivity index (χ3v) is 9.98. The van der Waals surface area contributed by atoms with Crippen LogP contribution in [0.25, 0.3) is 0 Å². The quantitative estimate of drug-likeness (QED) is 0.531. The van der Waals surface area contributed by atoms with E-state index in [9.17, 15) is 13.2 Å². The number of sulfonamides is 1. The van der Waals surface area contributed by atoms with Crippen LogP contribution < -0.4 is 5.32 Å². The Hall–Kier alpha value is -2.23. The van der Waals surface area contributed by atoms with E-state index in [1.54, 1.807) is 40.7 Å². The fraction of sp³-hybridized carbons (Fsp3) is 0.292. The Bertz CT molecular complexity index is 1250. The number of nitrogens with one attached hydrogen (secondary N) is 1. The number of thiophene rings is 1. The number of fused-ring (bicyclic) bond motifs is 2. The molecular formula is C24H24ClN3O3S2. The van der Waals surface area contributed by atoms with Crippen molar-refractivity contribution in [3.8, 4) is 0 Å². The summed E-state index contributed by atoms with van der Waals surface area (Å²) in [7, 11) is -3.54. The summed E-state index contributed by atoms with van der Waals surface area (Å²) in [6.07, 6.45) is 0.876.